The van der Waals surface area contributed by atoms with Crippen LogP contribution in [0.25, 0.3) is 5.82 Å². The summed E-state index contributed by atoms with van der Waals surface area (Å²) in [7, 11) is 0. The Kier molecular flexibility index (Phi) is 5.61. The molecule has 1 fully saturated rings. The van der Waals surface area contributed by atoms with Crippen molar-refractivity contribution in [3.8, 4) is 5.82 Å². The summed E-state index contributed by atoms with van der Waals surface area (Å²) in [4.78, 5) is 14.6. The van der Waals surface area contributed by atoms with Crippen LogP contribution in [-0.4, -0.2) is 45.5 Å². The third-order valence-corrected chi connectivity index (χ3v) is 5.12. The lowest BCUT2D eigenvalue weighted by molar-refractivity contribution is -0.125. The normalized spacial score (nSPS) is 14.8. The molecule has 3 heterocycles. The van der Waals surface area contributed by atoms with Crippen LogP contribution in [0.4, 0.5) is 5.82 Å². The van der Waals surface area contributed by atoms with Gasteiger partial charge in [0.25, 0.3) is 0 Å². The first-order valence-electron chi connectivity index (χ1n) is 9.70. The molecule has 0 unspecified atom stereocenters. The van der Waals surface area contributed by atoms with Gasteiger partial charge in [-0.2, -0.15) is 5.10 Å². The van der Waals surface area contributed by atoms with Crippen molar-refractivity contribution in [1.82, 2.24) is 25.3 Å². The number of nitrogens with one attached hydrogen (secondary N) is 1. The van der Waals surface area contributed by atoms with E-state index in [-0.39, 0.29) is 11.8 Å². The molecule has 1 saturated heterocycles. The van der Waals surface area contributed by atoms with Crippen molar-refractivity contribution in [2.45, 2.75) is 19.3 Å². The highest BCUT2D eigenvalue weighted by molar-refractivity contribution is 5.79. The number of anilines is 1. The Morgan fingerprint density at radius 1 is 1.00 bits per heavy atom. The lowest BCUT2D eigenvalue weighted by Crippen LogP contribution is -2.41. The molecule has 144 valence electrons. The highest BCUT2D eigenvalue weighted by Gasteiger charge is 2.25. The number of rotatable bonds is 6. The van der Waals surface area contributed by atoms with Gasteiger partial charge in [-0.1, -0.05) is 30.3 Å². The number of piperidine rings is 1. The summed E-state index contributed by atoms with van der Waals surface area (Å²) in [5, 5.41) is 15.8. The van der Waals surface area contributed by atoms with E-state index in [2.05, 4.69) is 37.6 Å². The Labute approximate surface area is 164 Å². The maximum absolute atomic E-state index is 12.4. The zero-order valence-corrected chi connectivity index (χ0v) is 15.7. The van der Waals surface area contributed by atoms with Gasteiger partial charge in [0.15, 0.2) is 11.6 Å². The highest BCUT2D eigenvalue weighted by Crippen LogP contribution is 2.22. The molecule has 1 aliphatic heterocycles. The summed E-state index contributed by atoms with van der Waals surface area (Å²) in [5.74, 6) is 1.78. The van der Waals surface area contributed by atoms with E-state index < -0.39 is 0 Å². The molecule has 7 nitrogen and oxygen atoms in total. The number of hydrogen-bond acceptors (Lipinski definition) is 5. The Bertz CT molecular complexity index is 871. The molecule has 1 aromatic carbocycles. The van der Waals surface area contributed by atoms with E-state index in [1.807, 2.05) is 42.6 Å². The number of hydrogen-bond donors (Lipinski definition) is 1. The first-order chi connectivity index (χ1) is 13.8. The number of carbonyl (C=O) groups is 1. The number of aromatic nitrogens is 4. The molecule has 1 N–H and O–H groups in total. The van der Waals surface area contributed by atoms with Crippen molar-refractivity contribution in [3.05, 3.63) is 66.5 Å². The predicted molar refractivity (Wildman–Crippen MR) is 107 cm³/mol. The predicted octanol–water partition coefficient (Wildman–Crippen LogP) is 2.24. The van der Waals surface area contributed by atoms with E-state index in [0.29, 0.717) is 12.4 Å². The quantitative estimate of drug-likeness (QED) is 0.714. The summed E-state index contributed by atoms with van der Waals surface area (Å²) in [6, 6.07) is 16.0. The van der Waals surface area contributed by atoms with Gasteiger partial charge in [0.2, 0.25) is 5.91 Å². The van der Waals surface area contributed by atoms with Gasteiger partial charge in [0.05, 0.1) is 0 Å². The van der Waals surface area contributed by atoms with Crippen molar-refractivity contribution in [2.24, 2.45) is 5.92 Å². The molecule has 7 heteroatoms. The fourth-order valence-electron chi connectivity index (χ4n) is 3.50. The molecule has 0 atom stereocenters. The standard InChI is InChI=1S/C21H24N6O/c28-21(22-13-9-17-5-2-1-3-6-17)18-10-15-26(16-11-18)19-7-8-20(25-24-19)27-14-4-12-23-27/h1-8,12,14,18H,9-11,13,15-16H2,(H,22,28). The summed E-state index contributed by atoms with van der Waals surface area (Å²) >= 11 is 0. The molecular formula is C21H24N6O. The average molecular weight is 376 g/mol. The molecule has 2 aromatic heterocycles. The minimum Gasteiger partial charge on any atom is -0.356 e. The summed E-state index contributed by atoms with van der Waals surface area (Å²) in [6.45, 7) is 2.31. The van der Waals surface area contributed by atoms with Gasteiger partial charge >= 0.3 is 0 Å². The van der Waals surface area contributed by atoms with Gasteiger partial charge in [-0.25, -0.2) is 4.68 Å². The van der Waals surface area contributed by atoms with Gasteiger partial charge in [-0.3, -0.25) is 4.79 Å². The lowest BCUT2D eigenvalue weighted by Gasteiger charge is -2.31. The van der Waals surface area contributed by atoms with Gasteiger partial charge in [-0.15, -0.1) is 10.2 Å². The van der Waals surface area contributed by atoms with E-state index in [0.717, 1.165) is 38.2 Å². The minimum atomic E-state index is 0.0725. The number of amides is 1. The molecule has 0 bridgehead atoms. The van der Waals surface area contributed by atoms with Crippen LogP contribution in [0.5, 0.6) is 0 Å². The van der Waals surface area contributed by atoms with Crippen LogP contribution in [0.1, 0.15) is 18.4 Å². The third-order valence-electron chi connectivity index (χ3n) is 5.12. The molecule has 1 amide bonds. The van der Waals surface area contributed by atoms with Crippen LogP contribution in [-0.2, 0) is 11.2 Å². The van der Waals surface area contributed by atoms with Crippen LogP contribution in [0.2, 0.25) is 0 Å². The van der Waals surface area contributed by atoms with Crippen molar-refractivity contribution >= 4 is 11.7 Å². The molecular weight excluding hydrogens is 352 g/mol. The average Bonchev–Trinajstić information content (AvgIpc) is 3.30. The number of nitrogens with zero attached hydrogens (tertiary/aromatic N) is 5. The topological polar surface area (TPSA) is 75.9 Å². The van der Waals surface area contributed by atoms with E-state index in [1.165, 1.54) is 5.56 Å². The summed E-state index contributed by atoms with van der Waals surface area (Å²) in [6.07, 6.45) is 6.08. The zero-order chi connectivity index (χ0) is 19.2. The maximum Gasteiger partial charge on any atom is 0.223 e. The molecule has 3 aromatic rings. The summed E-state index contributed by atoms with van der Waals surface area (Å²) in [5.41, 5.74) is 1.25. The van der Waals surface area contributed by atoms with Gasteiger partial charge in [0, 0.05) is 37.9 Å². The molecule has 0 radical (unpaired) electrons. The van der Waals surface area contributed by atoms with Crippen molar-refractivity contribution in [2.75, 3.05) is 24.5 Å². The number of benzene rings is 1. The van der Waals surface area contributed by atoms with E-state index in [1.54, 1.807) is 10.9 Å². The highest BCUT2D eigenvalue weighted by atomic mass is 16.1. The lowest BCUT2D eigenvalue weighted by atomic mass is 9.96. The maximum atomic E-state index is 12.4. The van der Waals surface area contributed by atoms with Crippen LogP contribution in [0, 0.1) is 5.92 Å². The molecule has 4 rings (SSSR count). The minimum absolute atomic E-state index is 0.0725. The molecule has 0 saturated carbocycles. The molecule has 28 heavy (non-hydrogen) atoms. The fourth-order valence-corrected chi connectivity index (χ4v) is 3.50. The van der Waals surface area contributed by atoms with Gasteiger partial charge in [0.1, 0.15) is 0 Å². The van der Waals surface area contributed by atoms with E-state index >= 15 is 0 Å². The Morgan fingerprint density at radius 2 is 1.75 bits per heavy atom. The first-order valence-corrected chi connectivity index (χ1v) is 9.70. The largest absolute Gasteiger partial charge is 0.356 e. The second-order valence-electron chi connectivity index (χ2n) is 6.99. The van der Waals surface area contributed by atoms with Crippen LogP contribution in [0.15, 0.2) is 60.9 Å². The monoisotopic (exact) mass is 376 g/mol. The molecule has 0 spiro atoms. The zero-order valence-electron chi connectivity index (χ0n) is 15.7. The second-order valence-corrected chi connectivity index (χ2v) is 6.99. The summed E-state index contributed by atoms with van der Waals surface area (Å²) < 4.78 is 1.68. The van der Waals surface area contributed by atoms with E-state index in [4.69, 9.17) is 0 Å². The third kappa shape index (κ3) is 4.36. The van der Waals surface area contributed by atoms with Crippen LogP contribution < -0.4 is 10.2 Å². The second kappa shape index (κ2) is 8.65. The Morgan fingerprint density at radius 3 is 2.43 bits per heavy atom. The molecule has 0 aliphatic carbocycles. The van der Waals surface area contributed by atoms with Gasteiger partial charge < -0.3 is 10.2 Å². The van der Waals surface area contributed by atoms with Crippen LogP contribution >= 0.6 is 0 Å². The fraction of sp³-hybridized carbons (Fsp3) is 0.333. The van der Waals surface area contributed by atoms with Crippen molar-refractivity contribution in [1.29, 1.82) is 0 Å². The Balaban J connectivity index is 1.24. The van der Waals surface area contributed by atoms with Crippen molar-refractivity contribution in [3.63, 3.8) is 0 Å². The Hall–Kier alpha value is -3.22. The smallest absolute Gasteiger partial charge is 0.223 e. The van der Waals surface area contributed by atoms with Gasteiger partial charge in [-0.05, 0) is 43.0 Å². The van der Waals surface area contributed by atoms with Crippen LogP contribution in [0.3, 0.4) is 0 Å². The molecule has 1 aliphatic rings. The first kappa shape index (κ1) is 18.2. The van der Waals surface area contributed by atoms with E-state index in [9.17, 15) is 4.79 Å². The van der Waals surface area contributed by atoms with Crippen molar-refractivity contribution < 1.29 is 4.79 Å². The number of carbonyl (C=O) groups excluding carboxylic acids is 1. The SMILES string of the molecule is O=C(NCCc1ccccc1)C1CCN(c2ccc(-n3cccn3)nn2)CC1.